The summed E-state index contributed by atoms with van der Waals surface area (Å²) in [7, 11) is 1.27. The van der Waals surface area contributed by atoms with E-state index in [9.17, 15) is 14.4 Å². The number of hydrogen-bond acceptors (Lipinski definition) is 5. The van der Waals surface area contributed by atoms with Crippen LogP contribution in [0.3, 0.4) is 0 Å². The van der Waals surface area contributed by atoms with Gasteiger partial charge in [-0.15, -0.1) is 0 Å². The highest BCUT2D eigenvalue weighted by atomic mass is 16.7. The van der Waals surface area contributed by atoms with Gasteiger partial charge >= 0.3 is 5.97 Å². The predicted octanol–water partition coefficient (Wildman–Crippen LogP) is 0.00670. The lowest BCUT2D eigenvalue weighted by Crippen LogP contribution is -2.69. The van der Waals surface area contributed by atoms with Gasteiger partial charge in [0.1, 0.15) is 6.61 Å². The molecule has 1 fully saturated rings. The Morgan fingerprint density at radius 3 is 2.67 bits per heavy atom. The van der Waals surface area contributed by atoms with Gasteiger partial charge in [-0.3, -0.25) is 19.2 Å². The van der Waals surface area contributed by atoms with E-state index < -0.39 is 18.1 Å². The minimum atomic E-state index is -0.815. The molecule has 1 aliphatic heterocycles. The highest BCUT2D eigenvalue weighted by Crippen LogP contribution is 2.18. The fourth-order valence-electron chi connectivity index (χ4n) is 2.05. The van der Waals surface area contributed by atoms with Gasteiger partial charge in [-0.05, 0) is 5.56 Å². The molecule has 21 heavy (non-hydrogen) atoms. The van der Waals surface area contributed by atoms with Crippen molar-refractivity contribution in [3.05, 3.63) is 35.9 Å². The number of benzene rings is 1. The Kier molecular flexibility index (Phi) is 4.89. The summed E-state index contributed by atoms with van der Waals surface area (Å²) in [6.07, 6.45) is 0.433. The molecule has 0 spiro atoms. The summed E-state index contributed by atoms with van der Waals surface area (Å²) < 4.78 is 4.54. The standard InChI is InChI=1S/C14H16N2O5/c1-20-12(18)7-11-13(14(19)15-11)16(9-17)21-8-10-5-3-2-4-6-10/h2-6,9,11,13H,7-8H2,1H3,(H,15,19). The molecule has 0 bridgehead atoms. The van der Waals surface area contributed by atoms with Gasteiger partial charge in [-0.25, -0.2) is 5.06 Å². The Morgan fingerprint density at radius 1 is 1.38 bits per heavy atom. The number of hydroxylamine groups is 2. The number of carbonyl (C=O) groups is 3. The molecule has 0 aromatic heterocycles. The SMILES string of the molecule is COC(=O)CC1NC(=O)C1N(C=O)OCc1ccccc1. The third-order valence-corrected chi connectivity index (χ3v) is 3.19. The molecule has 1 aromatic carbocycles. The Hall–Kier alpha value is -2.41. The van der Waals surface area contributed by atoms with Crippen LogP contribution in [0.5, 0.6) is 0 Å². The fraction of sp³-hybridized carbons (Fsp3) is 0.357. The van der Waals surface area contributed by atoms with Crippen molar-refractivity contribution in [3.8, 4) is 0 Å². The van der Waals surface area contributed by atoms with Crippen molar-refractivity contribution in [3.63, 3.8) is 0 Å². The molecular formula is C14H16N2O5. The Bertz CT molecular complexity index is 519. The summed E-state index contributed by atoms with van der Waals surface area (Å²) in [5, 5.41) is 3.49. The van der Waals surface area contributed by atoms with Crippen LogP contribution in [-0.2, 0) is 30.6 Å². The van der Waals surface area contributed by atoms with Gasteiger partial charge in [-0.2, -0.15) is 0 Å². The second-order valence-electron chi connectivity index (χ2n) is 4.56. The van der Waals surface area contributed by atoms with E-state index in [-0.39, 0.29) is 18.9 Å². The molecule has 1 aliphatic rings. The summed E-state index contributed by atoms with van der Waals surface area (Å²) in [5.74, 6) is -0.817. The largest absolute Gasteiger partial charge is 0.469 e. The van der Waals surface area contributed by atoms with E-state index in [2.05, 4.69) is 10.1 Å². The molecule has 0 radical (unpaired) electrons. The van der Waals surface area contributed by atoms with Crippen LogP contribution in [0.15, 0.2) is 30.3 Å². The summed E-state index contributed by atoms with van der Waals surface area (Å²) >= 11 is 0. The monoisotopic (exact) mass is 292 g/mol. The second-order valence-corrected chi connectivity index (χ2v) is 4.56. The van der Waals surface area contributed by atoms with Crippen LogP contribution in [0.25, 0.3) is 0 Å². The zero-order chi connectivity index (χ0) is 15.2. The van der Waals surface area contributed by atoms with Gasteiger partial charge in [0.15, 0.2) is 6.04 Å². The second kappa shape index (κ2) is 6.85. The van der Waals surface area contributed by atoms with E-state index >= 15 is 0 Å². The smallest absolute Gasteiger partial charge is 0.307 e. The normalized spacial score (nSPS) is 20.1. The minimum Gasteiger partial charge on any atom is -0.469 e. The predicted molar refractivity (Wildman–Crippen MR) is 71.5 cm³/mol. The van der Waals surface area contributed by atoms with Gasteiger partial charge in [-0.1, -0.05) is 30.3 Å². The van der Waals surface area contributed by atoms with Gasteiger partial charge < -0.3 is 10.1 Å². The van der Waals surface area contributed by atoms with Gasteiger partial charge in [0.2, 0.25) is 12.3 Å². The summed E-state index contributed by atoms with van der Waals surface area (Å²) in [6.45, 7) is 0.161. The lowest BCUT2D eigenvalue weighted by molar-refractivity contribution is -0.208. The van der Waals surface area contributed by atoms with Gasteiger partial charge in [0.25, 0.3) is 0 Å². The topological polar surface area (TPSA) is 84.9 Å². The lowest BCUT2D eigenvalue weighted by atomic mass is 9.96. The number of esters is 1. The molecule has 2 atom stereocenters. The number of β-lactam (4-membered cyclic amide) rings is 1. The molecule has 0 saturated carbocycles. The van der Waals surface area contributed by atoms with Crippen LogP contribution in [0.1, 0.15) is 12.0 Å². The zero-order valence-electron chi connectivity index (χ0n) is 11.5. The molecule has 1 aromatic rings. The average Bonchev–Trinajstić information content (AvgIpc) is 2.51. The number of amides is 2. The number of nitrogens with zero attached hydrogens (tertiary/aromatic N) is 1. The minimum absolute atomic E-state index is 0.00799. The molecule has 2 unspecified atom stereocenters. The summed E-state index contributed by atoms with van der Waals surface area (Å²) in [6, 6.07) is 7.94. The Morgan fingerprint density at radius 2 is 2.10 bits per heavy atom. The highest BCUT2D eigenvalue weighted by molar-refractivity contribution is 5.92. The van der Waals surface area contributed by atoms with Crippen molar-refractivity contribution in [1.82, 2.24) is 10.4 Å². The van der Waals surface area contributed by atoms with Crippen molar-refractivity contribution in [1.29, 1.82) is 0 Å². The fourth-order valence-corrected chi connectivity index (χ4v) is 2.05. The average molecular weight is 292 g/mol. The molecule has 7 nitrogen and oxygen atoms in total. The molecule has 112 valence electrons. The van der Waals surface area contributed by atoms with E-state index in [1.807, 2.05) is 30.3 Å². The summed E-state index contributed by atoms with van der Waals surface area (Å²) in [4.78, 5) is 39.3. The molecule has 1 heterocycles. The number of methoxy groups -OCH3 is 1. The van der Waals surface area contributed by atoms with Crippen LogP contribution < -0.4 is 5.32 Å². The molecule has 1 N–H and O–H groups in total. The lowest BCUT2D eigenvalue weighted by Gasteiger charge is -2.40. The van der Waals surface area contributed by atoms with Crippen molar-refractivity contribution in [2.45, 2.75) is 25.1 Å². The molecule has 2 amide bonds. The van der Waals surface area contributed by atoms with Crippen molar-refractivity contribution in [2.24, 2.45) is 0 Å². The molecule has 1 saturated heterocycles. The van der Waals surface area contributed by atoms with Crippen LogP contribution >= 0.6 is 0 Å². The first-order valence-electron chi connectivity index (χ1n) is 6.43. The highest BCUT2D eigenvalue weighted by Gasteiger charge is 2.45. The van der Waals surface area contributed by atoms with Crippen LogP contribution in [0.2, 0.25) is 0 Å². The van der Waals surface area contributed by atoms with E-state index in [1.54, 1.807) is 0 Å². The van der Waals surface area contributed by atoms with Gasteiger partial charge in [0, 0.05) is 0 Å². The number of hydrogen-bond donors (Lipinski definition) is 1. The third-order valence-electron chi connectivity index (χ3n) is 3.19. The molecule has 2 rings (SSSR count). The van der Waals surface area contributed by atoms with E-state index in [0.717, 1.165) is 10.6 Å². The maximum absolute atomic E-state index is 11.6. The van der Waals surface area contributed by atoms with E-state index in [4.69, 9.17) is 4.84 Å². The molecule has 0 aliphatic carbocycles. The number of nitrogens with one attached hydrogen (secondary N) is 1. The van der Waals surface area contributed by atoms with Gasteiger partial charge in [0.05, 0.1) is 19.6 Å². The first-order valence-corrected chi connectivity index (χ1v) is 6.43. The first-order chi connectivity index (χ1) is 10.2. The third kappa shape index (κ3) is 3.57. The van der Waals surface area contributed by atoms with E-state index in [1.165, 1.54) is 7.11 Å². The van der Waals surface area contributed by atoms with Crippen LogP contribution in [0, 0.1) is 0 Å². The van der Waals surface area contributed by atoms with E-state index in [0.29, 0.717) is 6.41 Å². The van der Waals surface area contributed by atoms with Crippen molar-refractivity contribution < 1.29 is 24.0 Å². The first kappa shape index (κ1) is 15.0. The Balaban J connectivity index is 1.94. The van der Waals surface area contributed by atoms with Crippen molar-refractivity contribution in [2.75, 3.05) is 7.11 Å². The quantitative estimate of drug-likeness (QED) is 0.331. The van der Waals surface area contributed by atoms with Crippen molar-refractivity contribution >= 4 is 18.3 Å². The molecule has 7 heteroatoms. The van der Waals surface area contributed by atoms with Crippen LogP contribution in [-0.4, -0.2) is 42.5 Å². The Labute approximate surface area is 121 Å². The zero-order valence-corrected chi connectivity index (χ0v) is 11.5. The number of carbonyl (C=O) groups excluding carboxylic acids is 3. The maximum Gasteiger partial charge on any atom is 0.307 e. The number of rotatable bonds is 7. The van der Waals surface area contributed by atoms with Crippen LogP contribution in [0.4, 0.5) is 0 Å². The maximum atomic E-state index is 11.6. The molecular weight excluding hydrogens is 276 g/mol. The number of ether oxygens (including phenoxy) is 1. The summed E-state index contributed by atoms with van der Waals surface area (Å²) in [5.41, 5.74) is 0.869.